The van der Waals surface area contributed by atoms with Gasteiger partial charge in [-0.05, 0) is 72.9 Å². The summed E-state index contributed by atoms with van der Waals surface area (Å²) < 4.78 is 10.5. The molecular weight excluding hydrogens is 386 g/mol. The number of guanidine groups is 1. The van der Waals surface area contributed by atoms with Crippen LogP contribution in [0.4, 0.5) is 21.1 Å². The van der Waals surface area contributed by atoms with Gasteiger partial charge in [-0.1, -0.05) is 0 Å². The maximum atomic E-state index is 12.2. The number of carbonyl (C=O) groups excluding carboxylic acids is 2. The number of carbonyl (C=O) groups is 2. The lowest BCUT2D eigenvalue weighted by Gasteiger charge is -2.28. The third-order valence-electron chi connectivity index (χ3n) is 3.92. The van der Waals surface area contributed by atoms with E-state index in [0.29, 0.717) is 5.82 Å². The average Bonchev–Trinajstić information content (AvgIpc) is 2.59. The van der Waals surface area contributed by atoms with Gasteiger partial charge in [0, 0.05) is 13.1 Å². The SMILES string of the molecule is CC(C)(C)OC(=O)NC(=Nc1ccc(N2CCCCC2)cn1)NC(=O)OC(C)(C)C. The van der Waals surface area contributed by atoms with Gasteiger partial charge in [-0.2, -0.15) is 4.99 Å². The Morgan fingerprint density at radius 1 is 0.933 bits per heavy atom. The molecule has 1 fully saturated rings. The number of anilines is 1. The summed E-state index contributed by atoms with van der Waals surface area (Å²) >= 11 is 0. The molecule has 9 heteroatoms. The fourth-order valence-corrected chi connectivity index (χ4v) is 2.79. The molecule has 2 amide bonds. The first-order valence-corrected chi connectivity index (χ1v) is 10.2. The Kier molecular flexibility index (Phi) is 7.64. The summed E-state index contributed by atoms with van der Waals surface area (Å²) in [6.07, 6.45) is 3.84. The van der Waals surface area contributed by atoms with E-state index in [2.05, 4.69) is 25.5 Å². The Morgan fingerprint density at radius 3 is 1.90 bits per heavy atom. The molecule has 2 rings (SSSR count). The molecule has 2 heterocycles. The van der Waals surface area contributed by atoms with Crippen LogP contribution in [0, 0.1) is 0 Å². The van der Waals surface area contributed by atoms with Gasteiger partial charge >= 0.3 is 12.2 Å². The second kappa shape index (κ2) is 9.77. The molecule has 1 saturated heterocycles. The number of nitrogens with one attached hydrogen (secondary N) is 2. The largest absolute Gasteiger partial charge is 0.444 e. The van der Waals surface area contributed by atoms with Gasteiger partial charge in [-0.3, -0.25) is 10.6 Å². The summed E-state index contributed by atoms with van der Waals surface area (Å²) in [5, 5.41) is 4.89. The molecular formula is C21H33N5O4. The molecule has 0 unspecified atom stereocenters. The number of hydrogen-bond donors (Lipinski definition) is 2. The van der Waals surface area contributed by atoms with Gasteiger partial charge in [0.25, 0.3) is 0 Å². The van der Waals surface area contributed by atoms with E-state index in [-0.39, 0.29) is 5.96 Å². The molecule has 0 spiro atoms. The Balaban J connectivity index is 2.15. The molecule has 2 N–H and O–H groups in total. The second-order valence-corrected chi connectivity index (χ2v) is 9.14. The van der Waals surface area contributed by atoms with Gasteiger partial charge in [0.05, 0.1) is 11.9 Å². The Morgan fingerprint density at radius 2 is 1.47 bits per heavy atom. The minimum Gasteiger partial charge on any atom is -0.444 e. The number of hydrogen-bond acceptors (Lipinski definition) is 7. The van der Waals surface area contributed by atoms with Crippen molar-refractivity contribution in [3.05, 3.63) is 18.3 Å². The van der Waals surface area contributed by atoms with Crippen LogP contribution >= 0.6 is 0 Å². The lowest BCUT2D eigenvalue weighted by Crippen LogP contribution is -2.47. The van der Waals surface area contributed by atoms with E-state index >= 15 is 0 Å². The summed E-state index contributed by atoms with van der Waals surface area (Å²) in [5.74, 6) is 0.203. The highest BCUT2D eigenvalue weighted by atomic mass is 16.6. The molecule has 0 aromatic carbocycles. The third-order valence-corrected chi connectivity index (χ3v) is 3.92. The first-order chi connectivity index (χ1) is 13.9. The zero-order chi connectivity index (χ0) is 22.4. The molecule has 0 bridgehead atoms. The number of alkyl carbamates (subject to hydrolysis) is 2. The van der Waals surface area contributed by atoms with Gasteiger partial charge in [0.2, 0.25) is 5.96 Å². The number of rotatable bonds is 2. The summed E-state index contributed by atoms with van der Waals surface area (Å²) in [6, 6.07) is 3.66. The molecule has 1 aliphatic rings. The topological polar surface area (TPSA) is 105 Å². The highest BCUT2D eigenvalue weighted by Crippen LogP contribution is 2.21. The van der Waals surface area contributed by atoms with Crippen LogP contribution in [0.1, 0.15) is 60.8 Å². The number of ether oxygens (including phenoxy) is 2. The van der Waals surface area contributed by atoms with Crippen molar-refractivity contribution in [2.75, 3.05) is 18.0 Å². The Bertz CT molecular complexity index is 725. The fraction of sp³-hybridized carbons (Fsp3) is 0.619. The monoisotopic (exact) mass is 419 g/mol. The van der Waals surface area contributed by atoms with Gasteiger partial charge in [0.1, 0.15) is 11.2 Å². The smallest absolute Gasteiger partial charge is 0.414 e. The van der Waals surface area contributed by atoms with Crippen LogP contribution in [0.3, 0.4) is 0 Å². The Hall–Kier alpha value is -2.84. The quantitative estimate of drug-likeness (QED) is 0.552. The van der Waals surface area contributed by atoms with Gasteiger partial charge in [-0.25, -0.2) is 14.6 Å². The lowest BCUT2D eigenvalue weighted by molar-refractivity contribution is 0.0545. The molecule has 0 aliphatic carbocycles. The third kappa shape index (κ3) is 8.67. The predicted octanol–water partition coefficient (Wildman–Crippen LogP) is 4.11. The van der Waals surface area contributed by atoms with Crippen LogP contribution in [0.25, 0.3) is 0 Å². The van der Waals surface area contributed by atoms with Crippen molar-refractivity contribution in [2.24, 2.45) is 4.99 Å². The summed E-state index contributed by atoms with van der Waals surface area (Å²) in [5.41, 5.74) is -0.374. The van der Waals surface area contributed by atoms with Crippen LogP contribution in [0.15, 0.2) is 23.3 Å². The van der Waals surface area contributed by atoms with Crippen molar-refractivity contribution in [1.82, 2.24) is 15.6 Å². The molecule has 1 aromatic heterocycles. The first kappa shape index (κ1) is 23.4. The standard InChI is InChI=1S/C21H33N5O4/c1-20(2,3)29-18(27)24-17(25-19(28)30-21(4,5)6)23-16-11-10-15(14-22-16)26-12-8-7-9-13-26/h10-11,14H,7-9,12-13H2,1-6H3,(H2,22,23,24,25,27,28). The molecule has 0 atom stereocenters. The van der Waals surface area contributed by atoms with Crippen molar-refractivity contribution in [3.8, 4) is 0 Å². The van der Waals surface area contributed by atoms with Gasteiger partial charge < -0.3 is 14.4 Å². The normalized spacial score (nSPS) is 14.5. The molecule has 9 nitrogen and oxygen atoms in total. The minimum absolute atomic E-state index is 0.128. The van der Waals surface area contributed by atoms with Crippen LogP contribution in [-0.4, -0.2) is 47.4 Å². The zero-order valence-corrected chi connectivity index (χ0v) is 18.7. The van der Waals surface area contributed by atoms with E-state index in [1.807, 2.05) is 6.07 Å². The molecule has 166 valence electrons. The molecule has 1 aliphatic heterocycles. The Labute approximate surface area is 178 Å². The second-order valence-electron chi connectivity index (χ2n) is 9.14. The number of aliphatic imine (C=N–C) groups is 1. The lowest BCUT2D eigenvalue weighted by atomic mass is 10.1. The van der Waals surface area contributed by atoms with Crippen molar-refractivity contribution >= 4 is 29.7 Å². The van der Waals surface area contributed by atoms with Crippen LogP contribution in [-0.2, 0) is 9.47 Å². The number of pyridine rings is 1. The average molecular weight is 420 g/mol. The van der Waals surface area contributed by atoms with Crippen LogP contribution in [0.2, 0.25) is 0 Å². The van der Waals surface area contributed by atoms with E-state index in [0.717, 1.165) is 18.8 Å². The van der Waals surface area contributed by atoms with Crippen LogP contribution in [0.5, 0.6) is 0 Å². The molecule has 1 aromatic rings. The number of nitrogens with zero attached hydrogens (tertiary/aromatic N) is 3. The molecule has 0 saturated carbocycles. The maximum Gasteiger partial charge on any atom is 0.414 e. The molecule has 30 heavy (non-hydrogen) atoms. The highest BCUT2D eigenvalue weighted by molar-refractivity contribution is 6.02. The number of aromatic nitrogens is 1. The van der Waals surface area contributed by atoms with Crippen molar-refractivity contribution in [2.45, 2.75) is 72.0 Å². The van der Waals surface area contributed by atoms with Crippen molar-refractivity contribution < 1.29 is 19.1 Å². The van der Waals surface area contributed by atoms with Crippen molar-refractivity contribution in [1.29, 1.82) is 0 Å². The molecule has 0 radical (unpaired) electrons. The van der Waals surface area contributed by atoms with E-state index in [9.17, 15) is 9.59 Å². The number of piperidine rings is 1. The fourth-order valence-electron chi connectivity index (χ4n) is 2.79. The summed E-state index contributed by atoms with van der Waals surface area (Å²) in [6.45, 7) is 12.5. The van der Waals surface area contributed by atoms with E-state index < -0.39 is 23.4 Å². The summed E-state index contributed by atoms with van der Waals surface area (Å²) in [7, 11) is 0. The van der Waals surface area contributed by atoms with E-state index in [1.165, 1.54) is 19.3 Å². The minimum atomic E-state index is -0.748. The highest BCUT2D eigenvalue weighted by Gasteiger charge is 2.21. The van der Waals surface area contributed by atoms with Crippen LogP contribution < -0.4 is 15.5 Å². The summed E-state index contributed by atoms with van der Waals surface area (Å²) in [4.78, 5) is 35.2. The predicted molar refractivity (Wildman–Crippen MR) is 116 cm³/mol. The zero-order valence-electron chi connectivity index (χ0n) is 18.7. The van der Waals surface area contributed by atoms with E-state index in [4.69, 9.17) is 9.47 Å². The van der Waals surface area contributed by atoms with E-state index in [1.54, 1.807) is 53.8 Å². The van der Waals surface area contributed by atoms with Gasteiger partial charge in [-0.15, -0.1) is 0 Å². The first-order valence-electron chi connectivity index (χ1n) is 10.2. The van der Waals surface area contributed by atoms with Gasteiger partial charge in [0.15, 0.2) is 5.82 Å². The van der Waals surface area contributed by atoms with Crippen molar-refractivity contribution in [3.63, 3.8) is 0 Å². The maximum absolute atomic E-state index is 12.2. The number of amides is 2.